The van der Waals surface area contributed by atoms with Gasteiger partial charge < -0.3 is 10.8 Å². The predicted molar refractivity (Wildman–Crippen MR) is 104 cm³/mol. The van der Waals surface area contributed by atoms with Gasteiger partial charge in [0.2, 0.25) is 0 Å². The summed E-state index contributed by atoms with van der Waals surface area (Å²) in [7, 11) is 0. The Morgan fingerprint density at radius 1 is 1.00 bits per heavy atom. The molecule has 0 aliphatic heterocycles. The SMILES string of the molecule is NCC(CC=C(c1ccsc1)c1ccsc1)C(O)c1ccccc1. The zero-order valence-electron chi connectivity index (χ0n) is 13.3. The number of nitrogens with two attached hydrogens (primary N) is 1. The van der Waals surface area contributed by atoms with E-state index in [0.717, 1.165) is 12.0 Å². The highest BCUT2D eigenvalue weighted by molar-refractivity contribution is 7.08. The summed E-state index contributed by atoms with van der Waals surface area (Å²) in [6.07, 6.45) is 2.42. The third-order valence-electron chi connectivity index (χ3n) is 4.18. The highest BCUT2D eigenvalue weighted by Crippen LogP contribution is 2.30. The number of rotatable bonds is 7. The first-order valence-electron chi connectivity index (χ1n) is 7.98. The van der Waals surface area contributed by atoms with Crippen molar-refractivity contribution >= 4 is 28.2 Å². The monoisotopic (exact) mass is 355 g/mol. The second-order valence-corrected chi connectivity index (χ2v) is 7.29. The van der Waals surface area contributed by atoms with Crippen molar-refractivity contribution in [3.8, 4) is 0 Å². The van der Waals surface area contributed by atoms with Crippen LogP contribution in [-0.4, -0.2) is 11.7 Å². The van der Waals surface area contributed by atoms with Gasteiger partial charge in [0.25, 0.3) is 0 Å². The van der Waals surface area contributed by atoms with E-state index in [1.807, 2.05) is 30.3 Å². The molecule has 0 aliphatic carbocycles. The fraction of sp³-hybridized carbons (Fsp3) is 0.200. The Kier molecular flexibility index (Phi) is 5.99. The number of aliphatic hydroxyl groups excluding tert-OH is 1. The van der Waals surface area contributed by atoms with Gasteiger partial charge in [-0.1, -0.05) is 36.4 Å². The molecule has 2 nitrogen and oxygen atoms in total. The number of hydrogen-bond donors (Lipinski definition) is 2. The number of thiophene rings is 2. The van der Waals surface area contributed by atoms with Gasteiger partial charge in [0.15, 0.2) is 0 Å². The average Bonchev–Trinajstić information content (AvgIpc) is 3.33. The van der Waals surface area contributed by atoms with Gasteiger partial charge in [0, 0.05) is 5.92 Å². The molecule has 0 saturated heterocycles. The molecule has 3 N–H and O–H groups in total. The Hall–Kier alpha value is -1.72. The van der Waals surface area contributed by atoms with Crippen molar-refractivity contribution in [1.29, 1.82) is 0 Å². The molecule has 0 fully saturated rings. The molecular weight excluding hydrogens is 334 g/mol. The third kappa shape index (κ3) is 4.02. The summed E-state index contributed by atoms with van der Waals surface area (Å²) in [5.74, 6) is -0.000304. The molecule has 2 unspecified atom stereocenters. The van der Waals surface area contributed by atoms with Crippen LogP contribution >= 0.6 is 22.7 Å². The number of allylic oxidation sites excluding steroid dienone is 1. The Morgan fingerprint density at radius 2 is 1.62 bits per heavy atom. The Bertz CT molecular complexity index is 712. The van der Waals surface area contributed by atoms with Crippen molar-refractivity contribution in [2.75, 3.05) is 6.54 Å². The molecule has 0 spiro atoms. The van der Waals surface area contributed by atoms with Crippen LogP contribution in [0, 0.1) is 5.92 Å². The van der Waals surface area contributed by atoms with Crippen LogP contribution in [0.2, 0.25) is 0 Å². The zero-order valence-corrected chi connectivity index (χ0v) is 15.0. The molecule has 4 heteroatoms. The molecule has 1 aromatic carbocycles. The van der Waals surface area contributed by atoms with Crippen LogP contribution in [0.25, 0.3) is 5.57 Å². The van der Waals surface area contributed by atoms with Crippen molar-refractivity contribution < 1.29 is 5.11 Å². The van der Waals surface area contributed by atoms with Crippen LogP contribution in [0.1, 0.15) is 29.2 Å². The first-order chi connectivity index (χ1) is 11.8. The van der Waals surface area contributed by atoms with Crippen LogP contribution in [-0.2, 0) is 0 Å². The first-order valence-corrected chi connectivity index (χ1v) is 9.86. The van der Waals surface area contributed by atoms with Crippen LogP contribution < -0.4 is 5.73 Å². The van der Waals surface area contributed by atoms with E-state index < -0.39 is 6.10 Å². The van der Waals surface area contributed by atoms with Crippen molar-refractivity contribution in [2.24, 2.45) is 11.7 Å². The fourth-order valence-electron chi connectivity index (χ4n) is 2.78. The molecule has 2 atom stereocenters. The standard InChI is InChI=1S/C20H21NOS2/c21-12-16(20(22)15-4-2-1-3-5-15)6-7-19(17-8-10-23-13-17)18-9-11-24-14-18/h1-5,7-11,13-14,16,20,22H,6,12,21H2. The summed E-state index contributed by atoms with van der Waals surface area (Å²) < 4.78 is 0. The van der Waals surface area contributed by atoms with E-state index in [9.17, 15) is 5.11 Å². The maximum Gasteiger partial charge on any atom is 0.0833 e. The minimum atomic E-state index is -0.543. The number of benzene rings is 1. The molecule has 0 aliphatic rings. The third-order valence-corrected chi connectivity index (χ3v) is 5.55. The van der Waals surface area contributed by atoms with Crippen LogP contribution in [0.5, 0.6) is 0 Å². The highest BCUT2D eigenvalue weighted by atomic mass is 32.1. The van der Waals surface area contributed by atoms with Gasteiger partial charge in [0.05, 0.1) is 6.10 Å². The summed E-state index contributed by atoms with van der Waals surface area (Å²) in [5.41, 5.74) is 10.5. The molecule has 0 bridgehead atoms. The van der Waals surface area contributed by atoms with Crippen molar-refractivity contribution in [3.05, 3.63) is 86.8 Å². The van der Waals surface area contributed by atoms with Gasteiger partial charge in [-0.2, -0.15) is 22.7 Å². The maximum absolute atomic E-state index is 10.6. The minimum absolute atomic E-state index is 0.000304. The zero-order chi connectivity index (χ0) is 16.8. The largest absolute Gasteiger partial charge is 0.388 e. The lowest BCUT2D eigenvalue weighted by Crippen LogP contribution is -2.21. The van der Waals surface area contributed by atoms with E-state index in [2.05, 4.69) is 39.7 Å². The van der Waals surface area contributed by atoms with Gasteiger partial charge in [-0.15, -0.1) is 0 Å². The first kappa shape index (κ1) is 17.1. The molecule has 0 amide bonds. The summed E-state index contributed by atoms with van der Waals surface area (Å²) in [5, 5.41) is 19.2. The lowest BCUT2D eigenvalue weighted by Gasteiger charge is -2.21. The van der Waals surface area contributed by atoms with E-state index in [-0.39, 0.29) is 5.92 Å². The van der Waals surface area contributed by atoms with E-state index in [1.165, 1.54) is 16.7 Å². The maximum atomic E-state index is 10.6. The summed E-state index contributed by atoms with van der Waals surface area (Å²) in [6.45, 7) is 0.452. The summed E-state index contributed by atoms with van der Waals surface area (Å²) >= 11 is 3.39. The Labute approximate surface area is 150 Å². The van der Waals surface area contributed by atoms with E-state index >= 15 is 0 Å². The lowest BCUT2D eigenvalue weighted by atomic mass is 9.90. The van der Waals surface area contributed by atoms with Crippen LogP contribution in [0.3, 0.4) is 0 Å². The normalized spacial score (nSPS) is 13.4. The molecule has 2 aromatic heterocycles. The van der Waals surface area contributed by atoms with Gasteiger partial charge in [0.1, 0.15) is 0 Å². The summed E-state index contributed by atoms with van der Waals surface area (Å²) in [6, 6.07) is 14.0. The minimum Gasteiger partial charge on any atom is -0.388 e. The van der Waals surface area contributed by atoms with E-state index in [4.69, 9.17) is 5.73 Å². The van der Waals surface area contributed by atoms with Gasteiger partial charge in [-0.05, 0) is 68.9 Å². The van der Waals surface area contributed by atoms with Crippen LogP contribution in [0.15, 0.2) is 70.1 Å². The fourth-order valence-corrected chi connectivity index (χ4v) is 4.10. The smallest absolute Gasteiger partial charge is 0.0833 e. The molecule has 0 radical (unpaired) electrons. The van der Waals surface area contributed by atoms with E-state index in [0.29, 0.717) is 6.54 Å². The molecule has 2 heterocycles. The van der Waals surface area contributed by atoms with Crippen molar-refractivity contribution in [1.82, 2.24) is 0 Å². The summed E-state index contributed by atoms with van der Waals surface area (Å²) in [4.78, 5) is 0. The van der Waals surface area contributed by atoms with Gasteiger partial charge >= 0.3 is 0 Å². The quantitative estimate of drug-likeness (QED) is 0.630. The van der Waals surface area contributed by atoms with Gasteiger partial charge in [-0.25, -0.2) is 0 Å². The molecular formula is C20H21NOS2. The lowest BCUT2D eigenvalue weighted by molar-refractivity contribution is 0.113. The molecule has 3 aromatic rings. The molecule has 24 heavy (non-hydrogen) atoms. The Balaban J connectivity index is 1.82. The second-order valence-electron chi connectivity index (χ2n) is 5.73. The average molecular weight is 356 g/mol. The predicted octanol–water partition coefficient (Wildman–Crippen LogP) is 4.94. The number of aliphatic hydroxyl groups is 1. The molecule has 124 valence electrons. The highest BCUT2D eigenvalue weighted by Gasteiger charge is 2.19. The van der Waals surface area contributed by atoms with Crippen molar-refractivity contribution in [2.45, 2.75) is 12.5 Å². The molecule has 0 saturated carbocycles. The van der Waals surface area contributed by atoms with Crippen LogP contribution in [0.4, 0.5) is 0 Å². The topological polar surface area (TPSA) is 46.2 Å². The second kappa shape index (κ2) is 8.40. The van der Waals surface area contributed by atoms with Gasteiger partial charge in [-0.3, -0.25) is 0 Å². The number of hydrogen-bond acceptors (Lipinski definition) is 4. The molecule has 3 rings (SSSR count). The van der Waals surface area contributed by atoms with E-state index in [1.54, 1.807) is 22.7 Å². The Morgan fingerprint density at radius 3 is 2.12 bits per heavy atom. The van der Waals surface area contributed by atoms with Crippen molar-refractivity contribution in [3.63, 3.8) is 0 Å².